The molecule has 1 N–H and O–H groups in total. The average Bonchev–Trinajstić information content (AvgIpc) is 2.49. The molecule has 1 aromatic heterocycles. The number of aromatic nitrogens is 2. The first-order chi connectivity index (χ1) is 10.6. The Morgan fingerprint density at radius 3 is 2.68 bits per heavy atom. The minimum atomic E-state index is 0.267. The quantitative estimate of drug-likeness (QED) is 0.873. The summed E-state index contributed by atoms with van der Waals surface area (Å²) in [6.07, 6.45) is 5.77. The van der Waals surface area contributed by atoms with Crippen LogP contribution in [0, 0.1) is 5.92 Å². The number of piperidine rings is 1. The Bertz CT molecular complexity index is 485. The van der Waals surface area contributed by atoms with Crippen molar-refractivity contribution >= 4 is 11.7 Å². The van der Waals surface area contributed by atoms with E-state index in [1.807, 2.05) is 11.8 Å². The molecule has 1 aliphatic rings. The van der Waals surface area contributed by atoms with E-state index in [0.717, 1.165) is 25.9 Å². The molecule has 6 nitrogen and oxygen atoms in total. The molecule has 6 heteroatoms. The topological polar surface area (TPSA) is 67.4 Å². The van der Waals surface area contributed by atoms with Crippen molar-refractivity contribution in [2.45, 2.75) is 46.1 Å². The van der Waals surface area contributed by atoms with E-state index in [0.29, 0.717) is 36.7 Å². The molecule has 0 aromatic carbocycles. The molecule has 0 unspecified atom stereocenters. The van der Waals surface area contributed by atoms with Gasteiger partial charge in [-0.2, -0.15) is 0 Å². The maximum Gasteiger partial charge on any atom is 0.257 e. The molecule has 2 heterocycles. The van der Waals surface area contributed by atoms with Crippen LogP contribution in [-0.4, -0.2) is 46.5 Å². The Labute approximate surface area is 132 Å². The van der Waals surface area contributed by atoms with Crippen molar-refractivity contribution in [1.82, 2.24) is 14.9 Å². The maximum absolute atomic E-state index is 12.1. The van der Waals surface area contributed by atoms with E-state index in [9.17, 15) is 4.79 Å². The summed E-state index contributed by atoms with van der Waals surface area (Å²) in [5.41, 5.74) is 0. The lowest BCUT2D eigenvalue weighted by molar-refractivity contribution is -0.132. The van der Waals surface area contributed by atoms with Crippen molar-refractivity contribution in [3.05, 3.63) is 12.4 Å². The molecule has 1 amide bonds. The Hall–Kier alpha value is -1.85. The fourth-order valence-corrected chi connectivity index (χ4v) is 2.61. The molecule has 122 valence electrons. The van der Waals surface area contributed by atoms with Gasteiger partial charge in [-0.25, -0.2) is 9.97 Å². The van der Waals surface area contributed by atoms with Gasteiger partial charge in [0.2, 0.25) is 5.91 Å². The van der Waals surface area contributed by atoms with Gasteiger partial charge in [0, 0.05) is 37.9 Å². The monoisotopic (exact) mass is 306 g/mol. The number of nitrogens with zero attached hydrogens (tertiary/aromatic N) is 3. The second kappa shape index (κ2) is 7.96. The van der Waals surface area contributed by atoms with Crippen molar-refractivity contribution in [3.8, 4) is 5.88 Å². The van der Waals surface area contributed by atoms with Gasteiger partial charge in [0.1, 0.15) is 0 Å². The Balaban J connectivity index is 1.86. The molecule has 22 heavy (non-hydrogen) atoms. The number of hydrogen-bond acceptors (Lipinski definition) is 5. The number of anilines is 1. The summed E-state index contributed by atoms with van der Waals surface area (Å²) in [5.74, 6) is 1.92. The number of hydrogen-bond donors (Lipinski definition) is 1. The lowest BCUT2D eigenvalue weighted by Gasteiger charge is -2.33. The molecule has 0 spiro atoms. The van der Waals surface area contributed by atoms with Gasteiger partial charge >= 0.3 is 0 Å². The largest absolute Gasteiger partial charge is 0.475 e. The van der Waals surface area contributed by atoms with Crippen LogP contribution in [0.5, 0.6) is 5.88 Å². The molecule has 0 aliphatic carbocycles. The number of ether oxygens (including phenoxy) is 1. The summed E-state index contributed by atoms with van der Waals surface area (Å²) in [5, 5.41) is 3.40. The van der Waals surface area contributed by atoms with Gasteiger partial charge in [-0.15, -0.1) is 0 Å². The van der Waals surface area contributed by atoms with Crippen molar-refractivity contribution in [2.75, 3.05) is 25.0 Å². The molecule has 0 bridgehead atoms. The van der Waals surface area contributed by atoms with Crippen LogP contribution in [0.1, 0.15) is 40.0 Å². The van der Waals surface area contributed by atoms with Gasteiger partial charge in [-0.3, -0.25) is 4.79 Å². The molecular weight excluding hydrogens is 280 g/mol. The number of carbonyl (C=O) groups is 1. The fourth-order valence-electron chi connectivity index (χ4n) is 2.61. The molecule has 1 fully saturated rings. The first-order valence-corrected chi connectivity index (χ1v) is 8.08. The van der Waals surface area contributed by atoms with Gasteiger partial charge in [0.05, 0.1) is 6.61 Å². The van der Waals surface area contributed by atoms with Crippen LogP contribution in [0.2, 0.25) is 0 Å². The van der Waals surface area contributed by atoms with Crippen LogP contribution in [0.3, 0.4) is 0 Å². The predicted molar refractivity (Wildman–Crippen MR) is 85.9 cm³/mol. The summed E-state index contributed by atoms with van der Waals surface area (Å²) in [4.78, 5) is 22.6. The van der Waals surface area contributed by atoms with E-state index in [1.54, 1.807) is 12.4 Å². The summed E-state index contributed by atoms with van der Waals surface area (Å²) in [6, 6.07) is 0.305. The first-order valence-electron chi connectivity index (χ1n) is 8.08. The van der Waals surface area contributed by atoms with Crippen LogP contribution in [0.25, 0.3) is 0 Å². The number of amides is 1. The number of nitrogens with one attached hydrogen (secondary N) is 1. The number of carbonyl (C=O) groups excluding carboxylic acids is 1. The summed E-state index contributed by atoms with van der Waals surface area (Å²) in [7, 11) is 0. The van der Waals surface area contributed by atoms with E-state index in [-0.39, 0.29) is 5.91 Å². The zero-order valence-corrected chi connectivity index (χ0v) is 13.7. The highest BCUT2D eigenvalue weighted by Gasteiger charge is 2.24. The Kier molecular flexibility index (Phi) is 5.98. The molecule has 0 atom stereocenters. The number of rotatable bonds is 6. The molecular formula is C16H26N4O2. The highest BCUT2D eigenvalue weighted by molar-refractivity contribution is 5.76. The molecule has 1 aliphatic heterocycles. The van der Waals surface area contributed by atoms with Crippen LogP contribution in [0.4, 0.5) is 5.82 Å². The maximum atomic E-state index is 12.1. The molecule has 0 saturated carbocycles. The summed E-state index contributed by atoms with van der Waals surface area (Å²) < 4.78 is 5.48. The molecule has 2 rings (SSSR count). The van der Waals surface area contributed by atoms with Crippen molar-refractivity contribution in [3.63, 3.8) is 0 Å². The smallest absolute Gasteiger partial charge is 0.257 e. The average molecular weight is 306 g/mol. The summed E-state index contributed by atoms with van der Waals surface area (Å²) in [6.45, 7) is 8.25. The summed E-state index contributed by atoms with van der Waals surface area (Å²) >= 11 is 0. The lowest BCUT2D eigenvalue weighted by atomic mass is 10.0. The second-order valence-electron chi connectivity index (χ2n) is 6.04. The van der Waals surface area contributed by atoms with Crippen molar-refractivity contribution in [2.24, 2.45) is 5.92 Å². The first kappa shape index (κ1) is 16.5. The lowest BCUT2D eigenvalue weighted by Crippen LogP contribution is -2.42. The molecule has 1 aromatic rings. The zero-order valence-electron chi connectivity index (χ0n) is 13.7. The fraction of sp³-hybridized carbons (Fsp3) is 0.688. The number of likely N-dealkylation sites (tertiary alicyclic amines) is 1. The third-order valence-electron chi connectivity index (χ3n) is 3.72. The van der Waals surface area contributed by atoms with Crippen LogP contribution in [-0.2, 0) is 4.79 Å². The van der Waals surface area contributed by atoms with E-state index < -0.39 is 0 Å². The third kappa shape index (κ3) is 4.58. The highest BCUT2D eigenvalue weighted by Crippen LogP contribution is 2.22. The Morgan fingerprint density at radius 1 is 1.36 bits per heavy atom. The van der Waals surface area contributed by atoms with E-state index in [2.05, 4.69) is 29.1 Å². The van der Waals surface area contributed by atoms with Crippen LogP contribution in [0.15, 0.2) is 12.4 Å². The Morgan fingerprint density at radius 2 is 2.05 bits per heavy atom. The molecule has 1 saturated heterocycles. The normalized spacial score (nSPS) is 15.9. The highest BCUT2D eigenvalue weighted by atomic mass is 16.5. The second-order valence-corrected chi connectivity index (χ2v) is 6.04. The predicted octanol–water partition coefficient (Wildman–Crippen LogP) is 2.32. The van der Waals surface area contributed by atoms with E-state index in [4.69, 9.17) is 4.74 Å². The van der Waals surface area contributed by atoms with Gasteiger partial charge in [0.15, 0.2) is 5.82 Å². The minimum absolute atomic E-state index is 0.267. The van der Waals surface area contributed by atoms with Gasteiger partial charge < -0.3 is 15.0 Å². The standard InChI is InChI=1S/C16H26N4O2/c1-4-22-16-15(17-7-8-18-16)19-13-5-9-20(10-6-13)14(21)11-12(2)3/h7-8,12-13H,4-6,9-11H2,1-3H3,(H,17,19). The van der Waals surface area contributed by atoms with Gasteiger partial charge in [0.25, 0.3) is 5.88 Å². The van der Waals surface area contributed by atoms with Gasteiger partial charge in [-0.1, -0.05) is 13.8 Å². The van der Waals surface area contributed by atoms with Crippen LogP contribution >= 0.6 is 0 Å². The van der Waals surface area contributed by atoms with E-state index in [1.165, 1.54) is 0 Å². The third-order valence-corrected chi connectivity index (χ3v) is 3.72. The minimum Gasteiger partial charge on any atom is -0.475 e. The van der Waals surface area contributed by atoms with E-state index >= 15 is 0 Å². The van der Waals surface area contributed by atoms with Gasteiger partial charge in [-0.05, 0) is 25.7 Å². The van der Waals surface area contributed by atoms with Crippen molar-refractivity contribution in [1.29, 1.82) is 0 Å². The van der Waals surface area contributed by atoms with Crippen molar-refractivity contribution < 1.29 is 9.53 Å². The molecule has 0 radical (unpaired) electrons. The zero-order chi connectivity index (χ0) is 15.9. The van der Waals surface area contributed by atoms with Crippen LogP contribution < -0.4 is 10.1 Å². The SMILES string of the molecule is CCOc1nccnc1NC1CCN(C(=O)CC(C)C)CC1.